The predicted molar refractivity (Wildman–Crippen MR) is 71.6 cm³/mol. The molecule has 2 unspecified atom stereocenters. The third-order valence-electron chi connectivity index (χ3n) is 3.69. The SMILES string of the molecule is CCn1cnc(S(=O)(=O)N2CCCC(C)C2C(=O)O)c1. The third kappa shape index (κ3) is 2.57. The van der Waals surface area contributed by atoms with Crippen LogP contribution in [0.4, 0.5) is 0 Å². The summed E-state index contributed by atoms with van der Waals surface area (Å²) in [6.07, 6.45) is 4.26. The van der Waals surface area contributed by atoms with Crippen LogP contribution in [0.5, 0.6) is 0 Å². The van der Waals surface area contributed by atoms with Crippen LogP contribution in [0.1, 0.15) is 26.7 Å². The molecule has 0 aromatic carbocycles. The van der Waals surface area contributed by atoms with Gasteiger partial charge in [0.15, 0.2) is 5.03 Å². The van der Waals surface area contributed by atoms with Crippen molar-refractivity contribution < 1.29 is 18.3 Å². The Hall–Kier alpha value is -1.41. The maximum absolute atomic E-state index is 12.6. The Morgan fingerprint density at radius 1 is 1.55 bits per heavy atom. The van der Waals surface area contributed by atoms with E-state index in [2.05, 4.69) is 4.98 Å². The lowest BCUT2D eigenvalue weighted by Gasteiger charge is -2.35. The van der Waals surface area contributed by atoms with Gasteiger partial charge in [0, 0.05) is 19.3 Å². The highest BCUT2D eigenvalue weighted by molar-refractivity contribution is 7.89. The van der Waals surface area contributed by atoms with Gasteiger partial charge >= 0.3 is 5.97 Å². The van der Waals surface area contributed by atoms with Gasteiger partial charge in [-0.3, -0.25) is 4.79 Å². The summed E-state index contributed by atoms with van der Waals surface area (Å²) in [4.78, 5) is 15.3. The molecule has 0 aliphatic carbocycles. The van der Waals surface area contributed by atoms with Gasteiger partial charge in [-0.25, -0.2) is 13.4 Å². The van der Waals surface area contributed by atoms with Gasteiger partial charge in [-0.15, -0.1) is 0 Å². The molecule has 1 aromatic rings. The second-order valence-electron chi connectivity index (χ2n) is 5.06. The van der Waals surface area contributed by atoms with Gasteiger partial charge in [0.2, 0.25) is 0 Å². The second kappa shape index (κ2) is 5.53. The Kier molecular flexibility index (Phi) is 4.14. The van der Waals surface area contributed by atoms with E-state index < -0.39 is 22.0 Å². The normalized spacial score (nSPS) is 24.7. The fourth-order valence-corrected chi connectivity index (χ4v) is 4.21. The first kappa shape index (κ1) is 15.0. The molecule has 1 saturated heterocycles. The molecule has 1 aromatic heterocycles. The standard InChI is InChI=1S/C12H19N3O4S/c1-3-14-7-10(13-8-14)20(18,19)15-6-4-5-9(2)11(15)12(16)17/h7-9,11H,3-6H2,1-2H3,(H,16,17). The van der Waals surface area contributed by atoms with Crippen molar-refractivity contribution in [3.05, 3.63) is 12.5 Å². The Balaban J connectivity index is 2.38. The van der Waals surface area contributed by atoms with Gasteiger partial charge in [0.1, 0.15) is 6.04 Å². The molecule has 0 amide bonds. The summed E-state index contributed by atoms with van der Waals surface area (Å²) in [5, 5.41) is 9.23. The van der Waals surface area contributed by atoms with Gasteiger partial charge in [0.05, 0.1) is 6.33 Å². The molecule has 1 N–H and O–H groups in total. The summed E-state index contributed by atoms with van der Waals surface area (Å²) in [6.45, 7) is 4.48. The van der Waals surface area contributed by atoms with E-state index in [1.54, 1.807) is 11.5 Å². The number of aromatic nitrogens is 2. The summed E-state index contributed by atoms with van der Waals surface area (Å²) in [7, 11) is -3.86. The molecule has 2 heterocycles. The number of carboxylic acids is 1. The number of nitrogens with zero attached hydrogens (tertiary/aromatic N) is 3. The molecule has 112 valence electrons. The van der Waals surface area contributed by atoms with Crippen molar-refractivity contribution in [1.82, 2.24) is 13.9 Å². The van der Waals surface area contributed by atoms with E-state index in [1.807, 2.05) is 6.92 Å². The van der Waals surface area contributed by atoms with Crippen molar-refractivity contribution in [3.63, 3.8) is 0 Å². The van der Waals surface area contributed by atoms with Crippen molar-refractivity contribution in [2.45, 2.75) is 44.3 Å². The number of hydrogen-bond acceptors (Lipinski definition) is 4. The van der Waals surface area contributed by atoms with Gasteiger partial charge in [0.25, 0.3) is 10.0 Å². The van der Waals surface area contributed by atoms with Crippen LogP contribution in [0.2, 0.25) is 0 Å². The molecule has 2 rings (SSSR count). The first-order chi connectivity index (χ1) is 9.37. The molecule has 0 bridgehead atoms. The molecule has 20 heavy (non-hydrogen) atoms. The van der Waals surface area contributed by atoms with Crippen molar-refractivity contribution in [2.75, 3.05) is 6.54 Å². The molecule has 0 saturated carbocycles. The minimum atomic E-state index is -3.86. The van der Waals surface area contributed by atoms with Crippen LogP contribution in [0.3, 0.4) is 0 Å². The van der Waals surface area contributed by atoms with Crippen LogP contribution in [0.25, 0.3) is 0 Å². The number of carbonyl (C=O) groups is 1. The van der Waals surface area contributed by atoms with Gasteiger partial charge in [-0.2, -0.15) is 4.31 Å². The van der Waals surface area contributed by atoms with E-state index in [-0.39, 0.29) is 17.5 Å². The van der Waals surface area contributed by atoms with Crippen LogP contribution in [-0.4, -0.2) is 45.9 Å². The van der Waals surface area contributed by atoms with Crippen molar-refractivity contribution in [1.29, 1.82) is 0 Å². The predicted octanol–water partition coefficient (Wildman–Crippen LogP) is 0.777. The molecule has 0 spiro atoms. The number of sulfonamides is 1. The topological polar surface area (TPSA) is 92.5 Å². The van der Waals surface area contributed by atoms with E-state index in [1.165, 1.54) is 12.5 Å². The van der Waals surface area contributed by atoms with Crippen LogP contribution < -0.4 is 0 Å². The fraction of sp³-hybridized carbons (Fsp3) is 0.667. The minimum absolute atomic E-state index is 0.0836. The monoisotopic (exact) mass is 301 g/mol. The van der Waals surface area contributed by atoms with Crippen LogP contribution in [0.15, 0.2) is 17.6 Å². The Bertz CT molecular complexity index is 596. The first-order valence-corrected chi connectivity index (χ1v) is 8.08. The molecule has 1 aliphatic heterocycles. The maximum Gasteiger partial charge on any atom is 0.322 e. The third-order valence-corrected chi connectivity index (χ3v) is 5.45. The Morgan fingerprint density at radius 2 is 2.25 bits per heavy atom. The van der Waals surface area contributed by atoms with E-state index in [4.69, 9.17) is 0 Å². The second-order valence-corrected chi connectivity index (χ2v) is 6.90. The van der Waals surface area contributed by atoms with Crippen LogP contribution in [-0.2, 0) is 21.4 Å². The number of rotatable bonds is 4. The zero-order valence-electron chi connectivity index (χ0n) is 11.6. The molecular weight excluding hydrogens is 282 g/mol. The van der Waals surface area contributed by atoms with E-state index in [0.717, 1.165) is 4.31 Å². The molecule has 8 heteroatoms. The van der Waals surface area contributed by atoms with Crippen LogP contribution in [0, 0.1) is 5.92 Å². The largest absolute Gasteiger partial charge is 0.480 e. The Morgan fingerprint density at radius 3 is 2.80 bits per heavy atom. The molecular formula is C12H19N3O4S. The lowest BCUT2D eigenvalue weighted by Crippen LogP contribution is -2.51. The number of imidazole rings is 1. The smallest absolute Gasteiger partial charge is 0.322 e. The van der Waals surface area contributed by atoms with Crippen molar-refractivity contribution in [3.8, 4) is 0 Å². The quantitative estimate of drug-likeness (QED) is 0.887. The fourth-order valence-electron chi connectivity index (χ4n) is 2.55. The maximum atomic E-state index is 12.6. The minimum Gasteiger partial charge on any atom is -0.480 e. The summed E-state index contributed by atoms with van der Waals surface area (Å²) in [5.74, 6) is -1.31. The summed E-state index contributed by atoms with van der Waals surface area (Å²) in [6, 6.07) is -1.01. The lowest BCUT2D eigenvalue weighted by atomic mass is 9.93. The molecule has 2 atom stereocenters. The lowest BCUT2D eigenvalue weighted by molar-refractivity contribution is -0.144. The van der Waals surface area contributed by atoms with Crippen molar-refractivity contribution in [2.24, 2.45) is 5.92 Å². The summed E-state index contributed by atoms with van der Waals surface area (Å²) in [5.41, 5.74) is 0. The van der Waals surface area contributed by atoms with E-state index in [0.29, 0.717) is 19.4 Å². The van der Waals surface area contributed by atoms with E-state index in [9.17, 15) is 18.3 Å². The number of hydrogen-bond donors (Lipinski definition) is 1. The highest BCUT2D eigenvalue weighted by Crippen LogP contribution is 2.28. The highest BCUT2D eigenvalue weighted by atomic mass is 32.2. The summed E-state index contributed by atoms with van der Waals surface area (Å²) >= 11 is 0. The molecule has 1 aliphatic rings. The molecule has 7 nitrogen and oxygen atoms in total. The van der Waals surface area contributed by atoms with Gasteiger partial charge in [-0.05, 0) is 25.7 Å². The molecule has 1 fully saturated rings. The zero-order valence-corrected chi connectivity index (χ0v) is 12.4. The zero-order chi connectivity index (χ0) is 14.9. The number of aliphatic carboxylic acids is 1. The number of carboxylic acid groups (broad SMARTS) is 1. The van der Waals surface area contributed by atoms with E-state index >= 15 is 0 Å². The Labute approximate surface area is 118 Å². The van der Waals surface area contributed by atoms with Crippen LogP contribution >= 0.6 is 0 Å². The molecule has 0 radical (unpaired) electrons. The van der Waals surface area contributed by atoms with Crippen molar-refractivity contribution >= 4 is 16.0 Å². The summed E-state index contributed by atoms with van der Waals surface area (Å²) < 4.78 is 27.9. The van der Waals surface area contributed by atoms with Gasteiger partial charge < -0.3 is 9.67 Å². The average Bonchev–Trinajstić information content (AvgIpc) is 2.87. The highest BCUT2D eigenvalue weighted by Gasteiger charge is 2.42. The first-order valence-electron chi connectivity index (χ1n) is 6.64. The average molecular weight is 301 g/mol. The number of aryl methyl sites for hydroxylation is 1. The van der Waals surface area contributed by atoms with Gasteiger partial charge in [-0.1, -0.05) is 6.92 Å². The number of piperidine rings is 1.